The van der Waals surface area contributed by atoms with E-state index in [1.807, 2.05) is 16.8 Å². The number of carbonyl (C=O) groups excluding carboxylic acids is 1. The van der Waals surface area contributed by atoms with Crippen molar-refractivity contribution in [2.45, 2.75) is 13.5 Å². The van der Waals surface area contributed by atoms with Crippen molar-refractivity contribution in [2.24, 2.45) is 0 Å². The predicted octanol–water partition coefficient (Wildman–Crippen LogP) is 2.37. The average molecular weight is 376 g/mol. The highest BCUT2D eigenvalue weighted by Gasteiger charge is 2.18. The third-order valence-corrected chi connectivity index (χ3v) is 5.04. The monoisotopic (exact) mass is 376 g/mol. The normalized spacial score (nSPS) is 10.7. The van der Waals surface area contributed by atoms with Crippen LogP contribution in [0.3, 0.4) is 0 Å². The van der Waals surface area contributed by atoms with Gasteiger partial charge in [-0.25, -0.2) is 9.78 Å². The first-order chi connectivity index (χ1) is 11.9. The number of nitrogens with two attached hydrogens (primary N) is 1. The van der Waals surface area contributed by atoms with Crippen LogP contribution in [-0.4, -0.2) is 40.0 Å². The number of rotatable bonds is 5. The maximum absolute atomic E-state index is 12.4. The molecular formula is C15H16N6O2S2. The molecule has 8 nitrogen and oxygen atoms in total. The molecule has 0 amide bonds. The van der Waals surface area contributed by atoms with Gasteiger partial charge in [0.2, 0.25) is 11.9 Å². The van der Waals surface area contributed by atoms with Crippen LogP contribution >= 0.6 is 22.7 Å². The molecule has 0 aliphatic carbocycles. The van der Waals surface area contributed by atoms with Crippen molar-refractivity contribution in [3.05, 3.63) is 33.2 Å². The molecule has 0 aliphatic rings. The number of esters is 1. The zero-order valence-corrected chi connectivity index (χ0v) is 15.5. The molecule has 3 heterocycles. The molecule has 0 atom stereocenters. The number of anilines is 2. The molecule has 0 bridgehead atoms. The molecule has 0 spiro atoms. The molecule has 25 heavy (non-hydrogen) atoms. The number of nitrogens with zero attached hydrogens (tertiary/aromatic N) is 5. The van der Waals surface area contributed by atoms with Crippen LogP contribution in [0.4, 0.5) is 11.9 Å². The fourth-order valence-electron chi connectivity index (χ4n) is 1.98. The Morgan fingerprint density at radius 1 is 1.28 bits per heavy atom. The summed E-state index contributed by atoms with van der Waals surface area (Å²) in [5.41, 5.74) is 7.30. The summed E-state index contributed by atoms with van der Waals surface area (Å²) < 4.78 is 5.32. The average Bonchev–Trinajstić information content (AvgIpc) is 3.21. The van der Waals surface area contributed by atoms with E-state index in [9.17, 15) is 4.79 Å². The largest absolute Gasteiger partial charge is 0.453 e. The van der Waals surface area contributed by atoms with Gasteiger partial charge in [0.05, 0.1) is 5.69 Å². The van der Waals surface area contributed by atoms with Gasteiger partial charge in [0.25, 0.3) is 0 Å². The van der Waals surface area contributed by atoms with Gasteiger partial charge >= 0.3 is 5.97 Å². The summed E-state index contributed by atoms with van der Waals surface area (Å²) in [5.74, 6) is 0.331. The summed E-state index contributed by atoms with van der Waals surface area (Å²) >= 11 is 2.89. The molecule has 2 N–H and O–H groups in total. The minimum atomic E-state index is -0.457. The quantitative estimate of drug-likeness (QED) is 0.676. The number of carbonyl (C=O) groups is 1. The summed E-state index contributed by atoms with van der Waals surface area (Å²) in [7, 11) is 3.58. The number of aromatic nitrogens is 4. The Morgan fingerprint density at radius 3 is 2.76 bits per heavy atom. The second kappa shape index (κ2) is 7.11. The van der Waals surface area contributed by atoms with Crippen molar-refractivity contribution in [2.75, 3.05) is 24.7 Å². The lowest BCUT2D eigenvalue weighted by molar-refractivity contribution is 0.0467. The Morgan fingerprint density at radius 2 is 2.08 bits per heavy atom. The highest BCUT2D eigenvalue weighted by Crippen LogP contribution is 2.29. The lowest BCUT2D eigenvalue weighted by Gasteiger charge is -2.11. The Bertz CT molecular complexity index is 892. The number of thiophene rings is 1. The van der Waals surface area contributed by atoms with Gasteiger partial charge in [-0.05, 0) is 18.4 Å². The molecule has 0 saturated heterocycles. The fraction of sp³-hybridized carbons (Fsp3) is 0.267. The molecule has 0 aliphatic heterocycles. The molecule has 0 aromatic carbocycles. The molecule has 3 aromatic heterocycles. The first-order valence-electron chi connectivity index (χ1n) is 7.29. The molecule has 0 unspecified atom stereocenters. The van der Waals surface area contributed by atoms with Gasteiger partial charge in [-0.1, -0.05) is 0 Å². The van der Waals surface area contributed by atoms with Gasteiger partial charge < -0.3 is 15.4 Å². The van der Waals surface area contributed by atoms with E-state index in [4.69, 9.17) is 10.5 Å². The second-order valence-corrected chi connectivity index (χ2v) is 7.11. The van der Waals surface area contributed by atoms with Crippen LogP contribution in [0.2, 0.25) is 0 Å². The summed E-state index contributed by atoms with van der Waals surface area (Å²) in [6, 6.07) is 1.97. The molecule has 10 heteroatoms. The lowest BCUT2D eigenvalue weighted by Crippen LogP contribution is -2.17. The smallest absolute Gasteiger partial charge is 0.350 e. The lowest BCUT2D eigenvalue weighted by atomic mass is 10.3. The first kappa shape index (κ1) is 17.2. The van der Waals surface area contributed by atoms with Crippen molar-refractivity contribution < 1.29 is 9.53 Å². The van der Waals surface area contributed by atoms with Gasteiger partial charge in [0.15, 0.2) is 12.4 Å². The minimum Gasteiger partial charge on any atom is -0.453 e. The highest BCUT2D eigenvalue weighted by atomic mass is 32.1. The SMILES string of the molecule is Cc1nc(-c2ccsc2)sc1C(=O)OCc1nc(N)nc(N(C)C)n1. The number of nitrogen functional groups attached to an aromatic ring is 1. The van der Waals surface area contributed by atoms with Crippen LogP contribution in [0.25, 0.3) is 10.6 Å². The van der Waals surface area contributed by atoms with Crippen LogP contribution in [0.1, 0.15) is 21.2 Å². The van der Waals surface area contributed by atoms with E-state index in [-0.39, 0.29) is 12.6 Å². The minimum absolute atomic E-state index is 0.0819. The number of ether oxygens (including phenoxy) is 1. The molecule has 130 valence electrons. The van der Waals surface area contributed by atoms with Crippen LogP contribution in [0, 0.1) is 6.92 Å². The van der Waals surface area contributed by atoms with E-state index in [0.717, 1.165) is 10.6 Å². The molecule has 0 saturated carbocycles. The Labute approximate surface area is 152 Å². The van der Waals surface area contributed by atoms with Crippen molar-refractivity contribution in [1.82, 2.24) is 19.9 Å². The van der Waals surface area contributed by atoms with Gasteiger partial charge in [-0.15, -0.1) is 11.3 Å². The number of hydrogen-bond donors (Lipinski definition) is 1. The van der Waals surface area contributed by atoms with Crippen molar-refractivity contribution in [3.63, 3.8) is 0 Å². The maximum atomic E-state index is 12.4. The Hall–Kier alpha value is -2.59. The third-order valence-electron chi connectivity index (χ3n) is 3.17. The van der Waals surface area contributed by atoms with E-state index < -0.39 is 5.97 Å². The van der Waals surface area contributed by atoms with E-state index in [2.05, 4.69) is 19.9 Å². The number of aryl methyl sites for hydroxylation is 1. The van der Waals surface area contributed by atoms with Crippen LogP contribution < -0.4 is 10.6 Å². The topological polar surface area (TPSA) is 107 Å². The Balaban J connectivity index is 1.73. The molecule has 0 fully saturated rings. The molecule has 0 radical (unpaired) electrons. The first-order valence-corrected chi connectivity index (χ1v) is 9.05. The second-order valence-electron chi connectivity index (χ2n) is 5.33. The summed E-state index contributed by atoms with van der Waals surface area (Å²) in [5, 5.41) is 4.76. The van der Waals surface area contributed by atoms with E-state index in [1.165, 1.54) is 11.3 Å². The molecular weight excluding hydrogens is 360 g/mol. The number of hydrogen-bond acceptors (Lipinski definition) is 10. The van der Waals surface area contributed by atoms with Gasteiger partial charge in [-0.2, -0.15) is 26.3 Å². The summed E-state index contributed by atoms with van der Waals surface area (Å²) in [6.45, 7) is 1.70. The maximum Gasteiger partial charge on any atom is 0.350 e. The molecule has 3 rings (SSSR count). The van der Waals surface area contributed by atoms with E-state index in [0.29, 0.717) is 22.3 Å². The standard InChI is InChI=1S/C15H16N6O2S2/c1-8-11(25-12(17-8)9-4-5-24-7-9)13(22)23-6-10-18-14(16)20-15(19-10)21(2)3/h4-5,7H,6H2,1-3H3,(H2,16,18,19,20). The number of thiazole rings is 1. The van der Waals surface area contributed by atoms with Crippen molar-refractivity contribution in [3.8, 4) is 10.6 Å². The van der Waals surface area contributed by atoms with Gasteiger partial charge in [-0.3, -0.25) is 0 Å². The predicted molar refractivity (Wildman–Crippen MR) is 97.8 cm³/mol. The highest BCUT2D eigenvalue weighted by molar-refractivity contribution is 7.17. The third kappa shape index (κ3) is 3.91. The van der Waals surface area contributed by atoms with E-state index in [1.54, 1.807) is 37.3 Å². The van der Waals surface area contributed by atoms with Gasteiger partial charge in [0, 0.05) is 25.0 Å². The molecule has 3 aromatic rings. The van der Waals surface area contributed by atoms with Crippen LogP contribution in [-0.2, 0) is 11.3 Å². The van der Waals surface area contributed by atoms with E-state index >= 15 is 0 Å². The Kier molecular flexibility index (Phi) is 4.91. The van der Waals surface area contributed by atoms with Gasteiger partial charge in [0.1, 0.15) is 9.88 Å². The zero-order valence-electron chi connectivity index (χ0n) is 13.9. The van der Waals surface area contributed by atoms with Crippen molar-refractivity contribution >= 4 is 40.5 Å². The zero-order chi connectivity index (χ0) is 18.0. The summed E-state index contributed by atoms with van der Waals surface area (Å²) in [4.78, 5) is 31.2. The van der Waals surface area contributed by atoms with Crippen LogP contribution in [0.5, 0.6) is 0 Å². The van der Waals surface area contributed by atoms with Crippen LogP contribution in [0.15, 0.2) is 16.8 Å². The fourth-order valence-corrected chi connectivity index (χ4v) is 3.65. The summed E-state index contributed by atoms with van der Waals surface area (Å²) in [6.07, 6.45) is 0. The van der Waals surface area contributed by atoms with Crippen molar-refractivity contribution in [1.29, 1.82) is 0 Å².